The van der Waals surface area contributed by atoms with Crippen LogP contribution in [0.4, 0.5) is 0 Å². The SMILES string of the molecule is Brc1ncccc1OC1C2CC3CC1CN(C3)C2.Cl. The van der Waals surface area contributed by atoms with Gasteiger partial charge in [0.1, 0.15) is 10.7 Å². The van der Waals surface area contributed by atoms with E-state index in [9.17, 15) is 0 Å². The molecule has 1 saturated carbocycles. The van der Waals surface area contributed by atoms with Crippen LogP contribution in [-0.2, 0) is 0 Å². The molecular formula is C14H18BrClN2O. The van der Waals surface area contributed by atoms with Crippen molar-refractivity contribution in [3.8, 4) is 5.75 Å². The molecule has 4 heterocycles. The number of hydrogen-bond donors (Lipinski definition) is 0. The van der Waals surface area contributed by atoms with Gasteiger partial charge in [0.25, 0.3) is 0 Å². The maximum Gasteiger partial charge on any atom is 0.152 e. The van der Waals surface area contributed by atoms with Crippen molar-refractivity contribution in [3.05, 3.63) is 22.9 Å². The zero-order valence-electron chi connectivity index (χ0n) is 10.7. The number of nitrogens with zero attached hydrogens (tertiary/aromatic N) is 2. The molecule has 5 heteroatoms. The topological polar surface area (TPSA) is 25.4 Å². The predicted octanol–water partition coefficient (Wildman–Crippen LogP) is 2.98. The first kappa shape index (κ1) is 13.7. The number of hydrogen-bond acceptors (Lipinski definition) is 3. The lowest BCUT2D eigenvalue weighted by Crippen LogP contribution is -2.61. The largest absolute Gasteiger partial charge is 0.487 e. The Morgan fingerprint density at radius 2 is 1.95 bits per heavy atom. The quantitative estimate of drug-likeness (QED) is 0.771. The van der Waals surface area contributed by atoms with Gasteiger partial charge < -0.3 is 9.64 Å². The van der Waals surface area contributed by atoms with Crippen molar-refractivity contribution in [3.63, 3.8) is 0 Å². The molecule has 19 heavy (non-hydrogen) atoms. The standard InChI is InChI=1S/C14H17BrN2O.ClH/c15-14-12(2-1-3-16-14)18-13-10-4-9-5-11(13)8-17(6-9)7-10;/h1-3,9-11,13H,4-8H2;1H. The number of pyridine rings is 1. The summed E-state index contributed by atoms with van der Waals surface area (Å²) in [5.74, 6) is 3.29. The van der Waals surface area contributed by atoms with Gasteiger partial charge in [0.2, 0.25) is 0 Å². The van der Waals surface area contributed by atoms with Gasteiger partial charge in [-0.2, -0.15) is 0 Å². The summed E-state index contributed by atoms with van der Waals surface area (Å²) in [5, 5.41) is 0. The molecule has 5 rings (SSSR count). The van der Waals surface area contributed by atoms with Crippen molar-refractivity contribution in [1.29, 1.82) is 0 Å². The molecule has 2 unspecified atom stereocenters. The normalized spacial score (nSPS) is 38.9. The molecule has 4 bridgehead atoms. The summed E-state index contributed by atoms with van der Waals surface area (Å²) < 4.78 is 7.12. The average molecular weight is 346 g/mol. The molecule has 2 atom stereocenters. The van der Waals surface area contributed by atoms with E-state index in [1.165, 1.54) is 32.5 Å². The third-order valence-electron chi connectivity index (χ3n) is 4.69. The number of rotatable bonds is 2. The minimum Gasteiger partial charge on any atom is -0.487 e. The van der Waals surface area contributed by atoms with Crippen molar-refractivity contribution in [1.82, 2.24) is 9.88 Å². The predicted molar refractivity (Wildman–Crippen MR) is 79.7 cm³/mol. The van der Waals surface area contributed by atoms with Crippen LogP contribution in [0.25, 0.3) is 0 Å². The van der Waals surface area contributed by atoms with Crippen LogP contribution in [0.2, 0.25) is 0 Å². The van der Waals surface area contributed by atoms with E-state index in [1.54, 1.807) is 6.20 Å². The van der Waals surface area contributed by atoms with Crippen molar-refractivity contribution in [2.75, 3.05) is 19.6 Å². The molecule has 0 aromatic carbocycles. The molecule has 3 saturated heterocycles. The van der Waals surface area contributed by atoms with Gasteiger partial charge in [0.15, 0.2) is 5.75 Å². The van der Waals surface area contributed by atoms with E-state index in [2.05, 4.69) is 25.8 Å². The molecule has 0 amide bonds. The fraction of sp³-hybridized carbons (Fsp3) is 0.643. The third-order valence-corrected chi connectivity index (χ3v) is 5.29. The van der Waals surface area contributed by atoms with Crippen LogP contribution in [0.15, 0.2) is 22.9 Å². The molecule has 3 aliphatic heterocycles. The lowest BCUT2D eigenvalue weighted by atomic mass is 9.66. The van der Waals surface area contributed by atoms with E-state index in [1.807, 2.05) is 12.1 Å². The molecule has 4 fully saturated rings. The Morgan fingerprint density at radius 3 is 2.58 bits per heavy atom. The van der Waals surface area contributed by atoms with Gasteiger partial charge in [-0.3, -0.25) is 0 Å². The van der Waals surface area contributed by atoms with Gasteiger partial charge >= 0.3 is 0 Å². The number of piperidine rings is 3. The first-order chi connectivity index (χ1) is 8.79. The van der Waals surface area contributed by atoms with Gasteiger partial charge in [-0.1, -0.05) is 0 Å². The summed E-state index contributed by atoms with van der Waals surface area (Å²) in [4.78, 5) is 6.87. The Kier molecular flexibility index (Phi) is 3.76. The Balaban J connectivity index is 0.00000110. The Morgan fingerprint density at radius 1 is 1.21 bits per heavy atom. The monoisotopic (exact) mass is 344 g/mol. The highest BCUT2D eigenvalue weighted by Gasteiger charge is 2.48. The fourth-order valence-electron chi connectivity index (χ4n) is 4.16. The highest BCUT2D eigenvalue weighted by molar-refractivity contribution is 9.10. The average Bonchev–Trinajstić information content (AvgIpc) is 2.35. The van der Waals surface area contributed by atoms with Gasteiger partial charge in [-0.25, -0.2) is 4.98 Å². The summed E-state index contributed by atoms with van der Waals surface area (Å²) in [5.41, 5.74) is 0. The van der Waals surface area contributed by atoms with Crippen LogP contribution < -0.4 is 4.74 Å². The molecule has 1 aromatic rings. The third kappa shape index (κ3) is 2.39. The second-order valence-corrected chi connectivity index (χ2v) is 6.70. The maximum absolute atomic E-state index is 6.29. The van der Waals surface area contributed by atoms with E-state index >= 15 is 0 Å². The first-order valence-electron chi connectivity index (χ1n) is 6.79. The number of aromatic nitrogens is 1. The van der Waals surface area contributed by atoms with Crippen molar-refractivity contribution in [2.24, 2.45) is 17.8 Å². The Bertz CT molecular complexity index is 443. The highest BCUT2D eigenvalue weighted by atomic mass is 79.9. The molecule has 3 nitrogen and oxygen atoms in total. The van der Waals surface area contributed by atoms with E-state index in [0.717, 1.165) is 28.1 Å². The number of halogens is 2. The smallest absolute Gasteiger partial charge is 0.152 e. The second-order valence-electron chi connectivity index (χ2n) is 5.95. The minimum atomic E-state index is 0. The van der Waals surface area contributed by atoms with E-state index < -0.39 is 0 Å². The number of ether oxygens (including phenoxy) is 1. The van der Waals surface area contributed by atoms with Gasteiger partial charge in [-0.05, 0) is 46.8 Å². The van der Waals surface area contributed by atoms with Crippen LogP contribution in [0.3, 0.4) is 0 Å². The minimum absolute atomic E-state index is 0. The molecule has 0 radical (unpaired) electrons. The highest BCUT2D eigenvalue weighted by Crippen LogP contribution is 2.45. The molecule has 1 aliphatic carbocycles. The van der Waals surface area contributed by atoms with E-state index in [0.29, 0.717) is 6.10 Å². The summed E-state index contributed by atoms with van der Waals surface area (Å²) in [6.07, 6.45) is 4.91. The first-order valence-corrected chi connectivity index (χ1v) is 7.58. The fourth-order valence-corrected chi connectivity index (χ4v) is 4.51. The maximum atomic E-state index is 6.29. The lowest BCUT2D eigenvalue weighted by molar-refractivity contribution is -0.0988. The van der Waals surface area contributed by atoms with Crippen LogP contribution in [-0.4, -0.2) is 35.6 Å². The lowest BCUT2D eigenvalue weighted by Gasteiger charge is -2.55. The molecular weight excluding hydrogens is 328 g/mol. The van der Waals surface area contributed by atoms with Gasteiger partial charge in [-0.15, -0.1) is 12.4 Å². The van der Waals surface area contributed by atoms with Crippen molar-refractivity contribution < 1.29 is 4.74 Å². The Hall–Kier alpha value is -0.320. The van der Waals surface area contributed by atoms with E-state index in [4.69, 9.17) is 4.74 Å². The van der Waals surface area contributed by atoms with Crippen molar-refractivity contribution in [2.45, 2.75) is 18.9 Å². The zero-order chi connectivity index (χ0) is 12.1. The van der Waals surface area contributed by atoms with Crippen LogP contribution in [0.5, 0.6) is 5.75 Å². The van der Waals surface area contributed by atoms with Crippen LogP contribution >= 0.6 is 28.3 Å². The molecule has 0 N–H and O–H groups in total. The Labute approximate surface area is 128 Å². The summed E-state index contributed by atoms with van der Waals surface area (Å²) >= 11 is 3.48. The summed E-state index contributed by atoms with van der Waals surface area (Å²) in [6, 6.07) is 3.96. The van der Waals surface area contributed by atoms with E-state index in [-0.39, 0.29) is 12.4 Å². The van der Waals surface area contributed by atoms with Gasteiger partial charge in [0, 0.05) is 37.7 Å². The molecule has 0 spiro atoms. The zero-order valence-corrected chi connectivity index (χ0v) is 13.1. The van der Waals surface area contributed by atoms with Crippen LogP contribution in [0, 0.1) is 17.8 Å². The molecule has 4 aliphatic rings. The molecule has 1 aromatic heterocycles. The molecule has 104 valence electrons. The summed E-state index contributed by atoms with van der Waals surface area (Å²) in [7, 11) is 0. The summed E-state index contributed by atoms with van der Waals surface area (Å²) in [6.45, 7) is 3.79. The van der Waals surface area contributed by atoms with Crippen molar-refractivity contribution >= 4 is 28.3 Å². The van der Waals surface area contributed by atoms with Gasteiger partial charge in [0.05, 0.1) is 0 Å². The van der Waals surface area contributed by atoms with Crippen LogP contribution in [0.1, 0.15) is 12.8 Å². The second kappa shape index (κ2) is 5.23.